The topological polar surface area (TPSA) is 67.9 Å². The van der Waals surface area contributed by atoms with E-state index in [-0.39, 0.29) is 5.75 Å². The molecule has 152 valence electrons. The molecule has 1 fully saturated rings. The van der Waals surface area contributed by atoms with Crippen molar-refractivity contribution >= 4 is 9.84 Å². The Hall–Kier alpha value is -1.57. The minimum absolute atomic E-state index is 0.240. The van der Waals surface area contributed by atoms with E-state index in [4.69, 9.17) is 9.47 Å². The molecule has 1 saturated heterocycles. The third-order valence-corrected chi connectivity index (χ3v) is 5.59. The number of hydrogen-bond donors (Lipinski definition) is 1. The summed E-state index contributed by atoms with van der Waals surface area (Å²) in [6.45, 7) is 9.53. The van der Waals surface area contributed by atoms with Crippen LogP contribution in [0, 0.1) is 0 Å². The van der Waals surface area contributed by atoms with Crippen LogP contribution in [0.25, 0.3) is 0 Å². The highest BCUT2D eigenvalue weighted by atomic mass is 32.2. The molecule has 0 spiro atoms. The Bertz CT molecular complexity index is 725. The third-order valence-electron chi connectivity index (χ3n) is 4.66. The van der Waals surface area contributed by atoms with Crippen LogP contribution in [-0.2, 0) is 16.4 Å². The van der Waals surface area contributed by atoms with Gasteiger partial charge in [-0.05, 0) is 56.1 Å². The van der Waals surface area contributed by atoms with E-state index in [1.807, 2.05) is 25.1 Å². The number of nitrogens with zero attached hydrogens (tertiary/aromatic N) is 1. The van der Waals surface area contributed by atoms with E-state index in [9.17, 15) is 8.42 Å². The summed E-state index contributed by atoms with van der Waals surface area (Å²) < 4.78 is 33.7. The Morgan fingerprint density at radius 3 is 2.59 bits per heavy atom. The molecule has 0 aromatic heterocycles. The van der Waals surface area contributed by atoms with Gasteiger partial charge in [0.15, 0.2) is 11.5 Å². The van der Waals surface area contributed by atoms with E-state index in [1.165, 1.54) is 6.26 Å². The molecule has 27 heavy (non-hydrogen) atoms. The maximum atomic E-state index is 11.3. The van der Waals surface area contributed by atoms with Gasteiger partial charge in [-0.3, -0.25) is 0 Å². The second-order valence-corrected chi connectivity index (χ2v) is 9.62. The van der Waals surface area contributed by atoms with Gasteiger partial charge in [-0.2, -0.15) is 0 Å². The molecule has 0 bridgehead atoms. The standard InChI is InChI=1S/C20H32N2O4S/c1-16(2)15-26-20-13-17(5-6-19(20)25-3)14-21-18-7-9-22(10-8-18)11-12-27(4,23)24/h5-6,13,18,21H,1,7-12,14-15H2,2-4H3. The number of methoxy groups -OCH3 is 1. The summed E-state index contributed by atoms with van der Waals surface area (Å²) in [7, 11) is -1.25. The molecule has 1 aromatic rings. The maximum absolute atomic E-state index is 11.3. The molecule has 0 atom stereocenters. The smallest absolute Gasteiger partial charge is 0.161 e. The van der Waals surface area contributed by atoms with Crippen LogP contribution in [0.2, 0.25) is 0 Å². The van der Waals surface area contributed by atoms with Crippen LogP contribution in [0.4, 0.5) is 0 Å². The number of nitrogens with one attached hydrogen (secondary N) is 1. The number of likely N-dealkylation sites (tertiary alicyclic amines) is 1. The molecule has 1 aromatic carbocycles. The van der Waals surface area contributed by atoms with Crippen molar-refractivity contribution < 1.29 is 17.9 Å². The zero-order valence-corrected chi connectivity index (χ0v) is 17.5. The first kappa shape index (κ1) is 21.7. The Labute approximate surface area is 163 Å². The van der Waals surface area contributed by atoms with Crippen LogP contribution in [0.3, 0.4) is 0 Å². The monoisotopic (exact) mass is 396 g/mol. The average molecular weight is 397 g/mol. The Kier molecular flexibility index (Phi) is 8.13. The van der Waals surface area contributed by atoms with Crippen molar-refractivity contribution in [3.63, 3.8) is 0 Å². The highest BCUT2D eigenvalue weighted by molar-refractivity contribution is 7.90. The largest absolute Gasteiger partial charge is 0.493 e. The number of ether oxygens (including phenoxy) is 2. The average Bonchev–Trinajstić information content (AvgIpc) is 2.63. The molecule has 2 rings (SSSR count). The summed E-state index contributed by atoms with van der Waals surface area (Å²) in [6, 6.07) is 6.43. The van der Waals surface area contributed by atoms with Crippen LogP contribution in [0.5, 0.6) is 11.5 Å². The molecule has 1 aliphatic heterocycles. The molecule has 1 heterocycles. The first-order valence-electron chi connectivity index (χ1n) is 9.34. The van der Waals surface area contributed by atoms with E-state index in [0.29, 0.717) is 19.2 Å². The van der Waals surface area contributed by atoms with Crippen molar-refractivity contribution in [3.05, 3.63) is 35.9 Å². The second kappa shape index (κ2) is 10.1. The molecule has 1 aliphatic rings. The highest BCUT2D eigenvalue weighted by Crippen LogP contribution is 2.28. The summed E-state index contributed by atoms with van der Waals surface area (Å²) in [5.74, 6) is 1.69. The maximum Gasteiger partial charge on any atom is 0.161 e. The number of rotatable bonds is 10. The van der Waals surface area contributed by atoms with Gasteiger partial charge in [-0.25, -0.2) is 8.42 Å². The quantitative estimate of drug-likeness (QED) is 0.612. The molecule has 0 radical (unpaired) electrons. The molecule has 0 aliphatic carbocycles. The molecular weight excluding hydrogens is 364 g/mol. The van der Waals surface area contributed by atoms with E-state index in [1.54, 1.807) is 7.11 Å². The Balaban J connectivity index is 1.81. The number of benzene rings is 1. The minimum atomic E-state index is -2.89. The fraction of sp³-hybridized carbons (Fsp3) is 0.600. The van der Waals surface area contributed by atoms with Crippen LogP contribution in [0.1, 0.15) is 25.3 Å². The van der Waals surface area contributed by atoms with Crippen molar-refractivity contribution in [2.24, 2.45) is 0 Å². The fourth-order valence-corrected chi connectivity index (χ4v) is 3.65. The van der Waals surface area contributed by atoms with E-state index in [0.717, 1.165) is 55.1 Å². The molecule has 0 amide bonds. The first-order valence-corrected chi connectivity index (χ1v) is 11.4. The normalized spacial score (nSPS) is 16.3. The summed E-state index contributed by atoms with van der Waals surface area (Å²) in [4.78, 5) is 2.23. The molecule has 0 unspecified atom stereocenters. The van der Waals surface area contributed by atoms with Crippen LogP contribution >= 0.6 is 0 Å². The predicted molar refractivity (Wildman–Crippen MR) is 109 cm³/mol. The summed E-state index contributed by atoms with van der Waals surface area (Å²) in [5.41, 5.74) is 2.11. The molecule has 1 N–H and O–H groups in total. The van der Waals surface area contributed by atoms with Gasteiger partial charge >= 0.3 is 0 Å². The van der Waals surface area contributed by atoms with E-state index in [2.05, 4.69) is 16.8 Å². The van der Waals surface area contributed by atoms with Crippen molar-refractivity contribution in [1.82, 2.24) is 10.2 Å². The number of sulfone groups is 1. The minimum Gasteiger partial charge on any atom is -0.493 e. The molecular formula is C20H32N2O4S. The van der Waals surface area contributed by atoms with Gasteiger partial charge in [0.05, 0.1) is 12.9 Å². The number of hydrogen-bond acceptors (Lipinski definition) is 6. The third kappa shape index (κ3) is 7.91. The molecule has 7 heteroatoms. The Morgan fingerprint density at radius 2 is 2.00 bits per heavy atom. The lowest BCUT2D eigenvalue weighted by Gasteiger charge is -2.32. The fourth-order valence-electron chi connectivity index (χ4n) is 3.06. The Morgan fingerprint density at radius 1 is 1.30 bits per heavy atom. The van der Waals surface area contributed by atoms with E-state index >= 15 is 0 Å². The first-order chi connectivity index (χ1) is 12.8. The van der Waals surface area contributed by atoms with Gasteiger partial charge in [0.1, 0.15) is 16.4 Å². The highest BCUT2D eigenvalue weighted by Gasteiger charge is 2.19. The van der Waals surface area contributed by atoms with Crippen LogP contribution in [0.15, 0.2) is 30.4 Å². The van der Waals surface area contributed by atoms with Crippen molar-refractivity contribution in [2.75, 3.05) is 45.4 Å². The summed E-state index contributed by atoms with van der Waals surface area (Å²) >= 11 is 0. The summed E-state index contributed by atoms with van der Waals surface area (Å²) in [5, 5.41) is 3.60. The lowest BCUT2D eigenvalue weighted by atomic mass is 10.0. The SMILES string of the molecule is C=C(C)COc1cc(CNC2CCN(CCS(C)(=O)=O)CC2)ccc1OC. The predicted octanol–water partition coefficient (Wildman–Crippen LogP) is 2.25. The molecule has 0 saturated carbocycles. The van der Waals surface area contributed by atoms with Crippen LogP contribution < -0.4 is 14.8 Å². The second-order valence-electron chi connectivity index (χ2n) is 7.36. The lowest BCUT2D eigenvalue weighted by Crippen LogP contribution is -2.43. The van der Waals surface area contributed by atoms with E-state index < -0.39 is 9.84 Å². The van der Waals surface area contributed by atoms with Crippen molar-refractivity contribution in [2.45, 2.75) is 32.4 Å². The van der Waals surface area contributed by atoms with Gasteiger partial charge in [0.2, 0.25) is 0 Å². The summed E-state index contributed by atoms with van der Waals surface area (Å²) in [6.07, 6.45) is 3.35. The van der Waals surface area contributed by atoms with Gasteiger partial charge in [-0.15, -0.1) is 0 Å². The number of piperidine rings is 1. The van der Waals surface area contributed by atoms with Gasteiger partial charge in [0.25, 0.3) is 0 Å². The van der Waals surface area contributed by atoms with Gasteiger partial charge < -0.3 is 19.7 Å². The zero-order valence-electron chi connectivity index (χ0n) is 16.7. The van der Waals surface area contributed by atoms with Gasteiger partial charge in [0, 0.05) is 25.4 Å². The van der Waals surface area contributed by atoms with Crippen molar-refractivity contribution in [1.29, 1.82) is 0 Å². The zero-order chi connectivity index (χ0) is 19.9. The van der Waals surface area contributed by atoms with Gasteiger partial charge in [-0.1, -0.05) is 12.6 Å². The molecule has 6 nitrogen and oxygen atoms in total. The van der Waals surface area contributed by atoms with Crippen LogP contribution in [-0.4, -0.2) is 64.7 Å². The van der Waals surface area contributed by atoms with Crippen molar-refractivity contribution in [3.8, 4) is 11.5 Å². The lowest BCUT2D eigenvalue weighted by molar-refractivity contribution is 0.206.